The molecular formula is C45H90O22. The molecule has 0 aromatic heterocycles. The van der Waals surface area contributed by atoms with Gasteiger partial charge in [-0.1, -0.05) is 25.5 Å². The number of carbonyl (C=O) groups is 1. The molecule has 14 N–H and O–H groups in total. The van der Waals surface area contributed by atoms with E-state index >= 15 is 0 Å². The lowest BCUT2D eigenvalue weighted by Gasteiger charge is -2.66. The molecule has 4 saturated heterocycles. The third kappa shape index (κ3) is 7.62. The standard InChI is InChI=1S/C45H70O22.10H2/c1-16-11-44-8-5-22-42(2,6-4-7-43(22,3)41(60)67-39-34(58)32(56)28(52)20(13-47)63-39)23(44)10-24-45(16,15-44)37(59)17-9-18(26(50)30(54)25(17)49)61-36-35(29(53)21(14-48)64-40(36)65-24)66-38-33(57)31(55)27(51)19(12-46)62-38;;;;;;;;;;/h17-40,46-59H,1,4-15H2,2-3H3;10*1H/t17?,18-,19-,20-,21-,22+,23?,24?,25-,26+,27-,28-,29-,30+,31+,32+,33-,34-,35?,36-,37-,38?,39?,40+,42-,43-,44?,45?;;;;;;;;;;/m1........../s1. The number of aliphatic hydroxyl groups is 14. The summed E-state index contributed by atoms with van der Waals surface area (Å²) in [5, 5.41) is 153. The number of fused-ring (bicyclic) bond motifs is 5. The van der Waals surface area contributed by atoms with Gasteiger partial charge in [-0.3, -0.25) is 4.79 Å². The van der Waals surface area contributed by atoms with E-state index in [0.29, 0.717) is 50.5 Å². The molecule has 9 aliphatic rings. The molecule has 0 amide bonds. The highest BCUT2D eigenvalue weighted by molar-refractivity contribution is 5.77. The van der Waals surface area contributed by atoms with Crippen molar-refractivity contribution in [2.24, 2.45) is 39.4 Å². The molecule has 22 nitrogen and oxygen atoms in total. The van der Waals surface area contributed by atoms with Gasteiger partial charge in [0.2, 0.25) is 6.29 Å². The van der Waals surface area contributed by atoms with Crippen LogP contribution in [0.5, 0.6) is 0 Å². The van der Waals surface area contributed by atoms with Crippen molar-refractivity contribution in [2.45, 2.75) is 200 Å². The van der Waals surface area contributed by atoms with Gasteiger partial charge in [-0.2, -0.15) is 0 Å². The zero-order valence-corrected chi connectivity index (χ0v) is 37.6. The van der Waals surface area contributed by atoms with Crippen molar-refractivity contribution in [1.29, 1.82) is 0 Å². The van der Waals surface area contributed by atoms with Gasteiger partial charge >= 0.3 is 5.97 Å². The predicted molar refractivity (Wildman–Crippen MR) is 241 cm³/mol. The van der Waals surface area contributed by atoms with Crippen LogP contribution in [0.15, 0.2) is 12.2 Å². The molecule has 2 spiro atoms. The van der Waals surface area contributed by atoms with Gasteiger partial charge in [-0.25, -0.2) is 0 Å². The van der Waals surface area contributed by atoms with Crippen molar-refractivity contribution in [1.82, 2.24) is 0 Å². The smallest absolute Gasteiger partial charge is 0.314 e. The molecule has 9 rings (SSSR count). The molecule has 0 radical (unpaired) electrons. The summed E-state index contributed by atoms with van der Waals surface area (Å²) in [5.41, 5.74) is -3.01. The fourth-order valence-corrected chi connectivity index (χ4v) is 14.9. The highest BCUT2D eigenvalue weighted by atomic mass is 16.8. The van der Waals surface area contributed by atoms with E-state index in [9.17, 15) is 76.3 Å². The summed E-state index contributed by atoms with van der Waals surface area (Å²) in [5.74, 6) is -2.39. The molecule has 5 aliphatic carbocycles. The molecule has 67 heavy (non-hydrogen) atoms. The zero-order chi connectivity index (χ0) is 48.4. The average Bonchev–Trinajstić information content (AvgIpc) is 3.55. The van der Waals surface area contributed by atoms with E-state index in [0.717, 1.165) is 0 Å². The lowest BCUT2D eigenvalue weighted by Crippen LogP contribution is -2.70. The first-order valence-electron chi connectivity index (χ1n) is 23.8. The minimum atomic E-state index is -1.93. The van der Waals surface area contributed by atoms with Crippen LogP contribution >= 0.6 is 0 Å². The maximum absolute atomic E-state index is 14.5. The summed E-state index contributed by atoms with van der Waals surface area (Å²) < 4.78 is 43.0. The Kier molecular flexibility index (Phi) is 13.7. The molecule has 22 heteroatoms. The molecule has 0 aromatic carbocycles. The topological polar surface area (TPSA) is 365 Å². The van der Waals surface area contributed by atoms with Crippen molar-refractivity contribution in [3.63, 3.8) is 0 Å². The van der Waals surface area contributed by atoms with Crippen molar-refractivity contribution in [3.05, 3.63) is 12.2 Å². The molecule has 5 saturated carbocycles. The molecule has 9 fully saturated rings. The number of esters is 1. The van der Waals surface area contributed by atoms with Crippen LogP contribution in [0, 0.1) is 39.4 Å². The fourth-order valence-electron chi connectivity index (χ4n) is 14.9. The second-order valence-electron chi connectivity index (χ2n) is 21.7. The minimum Gasteiger partial charge on any atom is -0.432 e. The summed E-state index contributed by atoms with van der Waals surface area (Å²) >= 11 is 0. The highest BCUT2D eigenvalue weighted by Gasteiger charge is 2.74. The van der Waals surface area contributed by atoms with Crippen LogP contribution in [-0.2, 0) is 38.0 Å². The Morgan fingerprint density at radius 1 is 0.672 bits per heavy atom. The monoisotopic (exact) mass is 983 g/mol. The van der Waals surface area contributed by atoms with Crippen molar-refractivity contribution >= 4 is 5.97 Å². The second-order valence-corrected chi connectivity index (χ2v) is 21.7. The van der Waals surface area contributed by atoms with Gasteiger partial charge in [0, 0.05) is 25.6 Å². The molecular weight excluding hydrogens is 892 g/mol. The Labute approximate surface area is 401 Å². The first kappa shape index (κ1) is 50.4. The third-order valence-corrected chi connectivity index (χ3v) is 18.4. The Bertz CT molecular complexity index is 1870. The lowest BCUT2D eigenvalue weighted by molar-refractivity contribution is -0.385. The summed E-state index contributed by atoms with van der Waals surface area (Å²) in [6.07, 6.45) is -30.5. The van der Waals surface area contributed by atoms with Crippen LogP contribution in [0.25, 0.3) is 0 Å². The number of hydrogen-bond acceptors (Lipinski definition) is 22. The number of ether oxygens (including phenoxy) is 7. The van der Waals surface area contributed by atoms with E-state index in [1.165, 1.54) is 0 Å². The van der Waals surface area contributed by atoms with Crippen LogP contribution < -0.4 is 0 Å². The van der Waals surface area contributed by atoms with Gasteiger partial charge in [0.25, 0.3) is 0 Å². The lowest BCUT2D eigenvalue weighted by atomic mass is 9.39. The fraction of sp³-hybridized carbons (Fsp3) is 0.933. The molecule has 0 aromatic rings. The van der Waals surface area contributed by atoms with Gasteiger partial charge in [0.05, 0.1) is 49.7 Å². The number of carbonyl (C=O) groups excluding carboxylic acids is 1. The normalized spacial score (nSPS) is 57.6. The van der Waals surface area contributed by atoms with Gasteiger partial charge in [-0.15, -0.1) is 0 Å². The van der Waals surface area contributed by atoms with E-state index in [-0.39, 0.29) is 38.9 Å². The van der Waals surface area contributed by atoms with Crippen molar-refractivity contribution in [3.8, 4) is 0 Å². The highest BCUT2D eigenvalue weighted by Crippen LogP contribution is 2.76. The predicted octanol–water partition coefficient (Wildman–Crippen LogP) is -2.38. The number of aliphatic hydroxyl groups excluding tert-OH is 14. The van der Waals surface area contributed by atoms with E-state index in [1.54, 1.807) is 6.92 Å². The Morgan fingerprint density at radius 2 is 1.27 bits per heavy atom. The molecule has 8 unspecified atom stereocenters. The van der Waals surface area contributed by atoms with Gasteiger partial charge < -0.3 is 105 Å². The number of rotatable bonds is 7. The summed E-state index contributed by atoms with van der Waals surface area (Å²) in [6, 6.07) is 0. The number of hydrogen-bond donors (Lipinski definition) is 14. The average molecular weight is 983 g/mol. The summed E-state index contributed by atoms with van der Waals surface area (Å²) in [4.78, 5) is 14.5. The SMILES string of the molecule is C=C1CC23CC[C@@H]4[C@](C)(C(=O)OC5O[C@H](CO)[C@@H](O)[C@H](O)[C@H]5O)CCC[C@@]4(C)C2CC2O[C@@H]4O[C@H](CO)[C@@H](O)C(OC5O[C@H](CO)[C@@H](O)[C@H](O)[C@H]5O)[C@H]4O[C@@H]4CC([C@@H](O)[C@H](O)[C@H]4O)[C@@H](O)C12C3.[HH].[HH].[HH].[HH].[HH].[HH].[HH].[HH].[HH].[HH]. The second kappa shape index (κ2) is 18.2. The van der Waals surface area contributed by atoms with Crippen LogP contribution in [-0.4, -0.2) is 226 Å². The van der Waals surface area contributed by atoms with E-state index in [1.807, 2.05) is 0 Å². The van der Waals surface area contributed by atoms with Crippen LogP contribution in [0.2, 0.25) is 0 Å². The Balaban J connectivity index is 0. The largest absolute Gasteiger partial charge is 0.432 e. The molecule has 28 atom stereocenters. The third-order valence-electron chi connectivity index (χ3n) is 18.4. The Morgan fingerprint density at radius 3 is 1.91 bits per heavy atom. The van der Waals surface area contributed by atoms with Gasteiger partial charge in [-0.05, 0) is 81.0 Å². The van der Waals surface area contributed by atoms with Gasteiger partial charge in [0.15, 0.2) is 12.6 Å². The zero-order valence-electron chi connectivity index (χ0n) is 37.6. The summed E-state index contributed by atoms with van der Waals surface area (Å²) in [7, 11) is 0. The summed E-state index contributed by atoms with van der Waals surface area (Å²) in [6.45, 7) is 6.19. The molecule has 402 valence electrons. The van der Waals surface area contributed by atoms with E-state index in [4.69, 9.17) is 33.2 Å². The molecule has 4 bridgehead atoms. The molecule has 4 aliphatic heterocycles. The quantitative estimate of drug-likeness (QED) is 0.0719. The van der Waals surface area contributed by atoms with Crippen molar-refractivity contribution in [2.75, 3.05) is 19.8 Å². The maximum atomic E-state index is 14.5. The van der Waals surface area contributed by atoms with Crippen LogP contribution in [0.3, 0.4) is 0 Å². The van der Waals surface area contributed by atoms with Crippen LogP contribution in [0.4, 0.5) is 0 Å². The minimum absolute atomic E-state index is 0. The maximum Gasteiger partial charge on any atom is 0.314 e. The first-order valence-corrected chi connectivity index (χ1v) is 23.8. The molecule has 4 heterocycles. The van der Waals surface area contributed by atoms with Crippen molar-refractivity contribution < 1.29 is 124 Å². The van der Waals surface area contributed by atoms with Gasteiger partial charge in [0.1, 0.15) is 85.5 Å². The van der Waals surface area contributed by atoms with Crippen LogP contribution in [0.1, 0.15) is 85.9 Å². The Hall–Kier alpha value is -1.59. The first-order chi connectivity index (χ1) is 31.6. The van der Waals surface area contributed by atoms with E-state index < -0.39 is 182 Å². The van der Waals surface area contributed by atoms with E-state index in [2.05, 4.69) is 13.5 Å².